The van der Waals surface area contributed by atoms with E-state index in [-0.39, 0.29) is 11.8 Å². The van der Waals surface area contributed by atoms with E-state index in [2.05, 4.69) is 175 Å². The Balaban J connectivity index is 1.25. The molecule has 2 unspecified atom stereocenters. The molecule has 0 N–H and O–H groups in total. The van der Waals surface area contributed by atoms with Gasteiger partial charge in [0.2, 0.25) is 0 Å². The highest BCUT2D eigenvalue weighted by Crippen LogP contribution is 2.53. The zero-order chi connectivity index (χ0) is 65.2. The molecule has 0 radical (unpaired) electrons. The summed E-state index contributed by atoms with van der Waals surface area (Å²) in [6, 6.07) is 26.8. The number of carbonyl (C=O) groups excluding carboxylic acids is 2. The summed E-state index contributed by atoms with van der Waals surface area (Å²) in [6.45, 7) is 23.8. The number of amides is 2. The second kappa shape index (κ2) is 38.6. The van der Waals surface area contributed by atoms with E-state index in [0.717, 1.165) is 58.0 Å². The van der Waals surface area contributed by atoms with Gasteiger partial charge < -0.3 is 9.80 Å². The molecule has 2 aliphatic heterocycles. The van der Waals surface area contributed by atoms with Crippen LogP contribution in [0.4, 0.5) is 0 Å². The van der Waals surface area contributed by atoms with Crippen LogP contribution in [0.15, 0.2) is 94.7 Å². The zero-order valence-corrected chi connectivity index (χ0v) is 62.0. The van der Waals surface area contributed by atoms with Gasteiger partial charge in [-0.25, -0.2) is 0 Å². The number of hydrogen-bond donors (Lipinski definition) is 0. The number of benzene rings is 2. The van der Waals surface area contributed by atoms with Gasteiger partial charge in [-0.15, -0.1) is 45.3 Å². The Kier molecular flexibility index (Phi) is 30.6. The Labute approximate surface area is 575 Å². The molecule has 6 heterocycles. The lowest BCUT2D eigenvalue weighted by Gasteiger charge is -2.30. The first-order valence-electron chi connectivity index (χ1n) is 36.9. The normalized spacial score (nSPS) is 14.5. The number of allylic oxidation sites excluding steroid dienone is 2. The second-order valence-electron chi connectivity index (χ2n) is 27.5. The fourth-order valence-electron chi connectivity index (χ4n) is 14.2. The lowest BCUT2D eigenvalue weighted by Crippen LogP contribution is -2.34. The highest BCUT2D eigenvalue weighted by Gasteiger charge is 2.51. The van der Waals surface area contributed by atoms with E-state index in [1.165, 1.54) is 244 Å². The number of aryl methyl sites for hydroxylation is 2. The molecule has 0 saturated carbocycles. The van der Waals surface area contributed by atoms with E-state index in [4.69, 9.17) is 0 Å². The van der Waals surface area contributed by atoms with E-state index < -0.39 is 0 Å². The predicted octanol–water partition coefficient (Wildman–Crippen LogP) is 27.2. The van der Waals surface area contributed by atoms with Crippen LogP contribution in [0.2, 0.25) is 0 Å². The maximum atomic E-state index is 16.7. The fourth-order valence-corrected chi connectivity index (χ4v) is 18.3. The van der Waals surface area contributed by atoms with Crippen molar-refractivity contribution < 1.29 is 9.59 Å². The molecular weight excluding hydrogens is 1200 g/mol. The summed E-state index contributed by atoms with van der Waals surface area (Å²) in [4.78, 5) is 44.6. The Hall–Kier alpha value is -4.86. The summed E-state index contributed by atoms with van der Waals surface area (Å²) in [5, 5.41) is 4.44. The fraction of sp³-hybridized carbons (Fsp3) is 0.548. The van der Waals surface area contributed by atoms with E-state index in [1.807, 2.05) is 22.7 Å². The summed E-state index contributed by atoms with van der Waals surface area (Å²) >= 11 is 7.10. The minimum Gasteiger partial charge on any atom is -0.306 e. The molecule has 8 rings (SSSR count). The third-order valence-electron chi connectivity index (χ3n) is 20.2. The van der Waals surface area contributed by atoms with Crippen molar-refractivity contribution >= 4 is 91.9 Å². The first kappa shape index (κ1) is 73.0. The minimum atomic E-state index is 0.0253. The molecule has 0 spiro atoms. The second-order valence-corrected chi connectivity index (χ2v) is 31.5. The predicted molar refractivity (Wildman–Crippen MR) is 409 cm³/mol. The molecule has 2 aliphatic rings. The lowest BCUT2D eigenvalue weighted by atomic mass is 9.93. The number of thiophene rings is 4. The molecule has 6 aromatic rings. The summed E-state index contributed by atoms with van der Waals surface area (Å²) in [7, 11) is 0. The molecule has 498 valence electrons. The topological polar surface area (TPSA) is 40.6 Å². The summed E-state index contributed by atoms with van der Waals surface area (Å²) < 4.78 is 0. The molecule has 4 aromatic heterocycles. The minimum absolute atomic E-state index is 0.0253. The monoisotopic (exact) mass is 1310 g/mol. The summed E-state index contributed by atoms with van der Waals surface area (Å²) in [6.07, 6.45) is 44.7. The van der Waals surface area contributed by atoms with Crippen LogP contribution in [0.5, 0.6) is 0 Å². The van der Waals surface area contributed by atoms with Crippen molar-refractivity contribution in [2.45, 2.75) is 275 Å². The SMILES string of the molecule is CCCCCCCCCCC(CCCCCCCC)CN1C(=O)C2=C(c3sccc3-c3ccc(C(C)=Cc4cccc(C)c4C)s3)N(CC(CCCCCCCC)CCCCCCCCCC)C(=O)C2=C1c1sccc1-c1ccc(C(C)=Cc2cccc(C)c2C)s1. The van der Waals surface area contributed by atoms with E-state index in [9.17, 15) is 0 Å². The number of carbonyl (C=O) groups is 2. The maximum absolute atomic E-state index is 16.7. The van der Waals surface area contributed by atoms with Gasteiger partial charge in [-0.1, -0.05) is 256 Å². The van der Waals surface area contributed by atoms with Gasteiger partial charge in [-0.2, -0.15) is 0 Å². The van der Waals surface area contributed by atoms with Gasteiger partial charge in [0, 0.05) is 43.7 Å². The van der Waals surface area contributed by atoms with Crippen LogP contribution in [-0.4, -0.2) is 34.7 Å². The van der Waals surface area contributed by atoms with Crippen molar-refractivity contribution in [1.29, 1.82) is 0 Å². The highest BCUT2D eigenvalue weighted by molar-refractivity contribution is 7.18. The van der Waals surface area contributed by atoms with Crippen molar-refractivity contribution in [3.05, 3.63) is 148 Å². The maximum Gasteiger partial charge on any atom is 0.261 e. The summed E-state index contributed by atoms with van der Waals surface area (Å²) in [5.74, 6) is 0.716. The van der Waals surface area contributed by atoms with Crippen LogP contribution >= 0.6 is 45.3 Å². The van der Waals surface area contributed by atoms with Crippen molar-refractivity contribution in [3.63, 3.8) is 0 Å². The molecule has 2 atom stereocenters. The van der Waals surface area contributed by atoms with Crippen molar-refractivity contribution in [2.24, 2.45) is 11.8 Å². The molecule has 4 nitrogen and oxygen atoms in total. The van der Waals surface area contributed by atoms with Crippen molar-refractivity contribution in [1.82, 2.24) is 9.80 Å². The van der Waals surface area contributed by atoms with Crippen LogP contribution in [0.25, 0.3) is 55.6 Å². The van der Waals surface area contributed by atoms with E-state index >= 15 is 9.59 Å². The average molecular weight is 1310 g/mol. The molecule has 0 aliphatic carbocycles. The van der Waals surface area contributed by atoms with Gasteiger partial charge in [0.05, 0.1) is 32.3 Å². The van der Waals surface area contributed by atoms with Crippen LogP contribution in [0.3, 0.4) is 0 Å². The Morgan fingerprint density at radius 2 is 0.717 bits per heavy atom. The Bertz CT molecular complexity index is 3160. The number of fused-ring (bicyclic) bond motifs is 1. The van der Waals surface area contributed by atoms with E-state index in [1.54, 1.807) is 22.7 Å². The first-order chi connectivity index (χ1) is 44.9. The Morgan fingerprint density at radius 1 is 0.402 bits per heavy atom. The molecule has 8 heteroatoms. The molecule has 92 heavy (non-hydrogen) atoms. The van der Waals surface area contributed by atoms with Crippen LogP contribution in [0, 0.1) is 39.5 Å². The van der Waals surface area contributed by atoms with Gasteiger partial charge in [0.15, 0.2) is 0 Å². The van der Waals surface area contributed by atoms with Crippen LogP contribution < -0.4 is 0 Å². The molecule has 2 aromatic carbocycles. The van der Waals surface area contributed by atoms with Crippen molar-refractivity contribution in [2.75, 3.05) is 13.1 Å². The average Bonchev–Trinajstić information content (AvgIpc) is 1.55. The number of hydrogen-bond acceptors (Lipinski definition) is 6. The Morgan fingerprint density at radius 3 is 1.04 bits per heavy atom. The van der Waals surface area contributed by atoms with E-state index in [0.29, 0.717) is 36.1 Å². The molecule has 2 amide bonds. The molecule has 0 fully saturated rings. The number of unbranched alkanes of at least 4 members (excludes halogenated alkanes) is 24. The highest BCUT2D eigenvalue weighted by atomic mass is 32.1. The number of rotatable bonds is 44. The molecule has 0 saturated heterocycles. The van der Waals surface area contributed by atoms with Gasteiger partial charge in [0.25, 0.3) is 11.8 Å². The molecule has 0 bridgehead atoms. The van der Waals surface area contributed by atoms with Crippen molar-refractivity contribution in [3.8, 4) is 20.9 Å². The van der Waals surface area contributed by atoms with Gasteiger partial charge in [0.1, 0.15) is 0 Å². The third kappa shape index (κ3) is 20.1. The number of nitrogens with zero attached hydrogens (tertiary/aromatic N) is 2. The third-order valence-corrected chi connectivity index (χ3v) is 24.6. The quantitative estimate of drug-likeness (QED) is 0.0358. The first-order valence-corrected chi connectivity index (χ1v) is 40.3. The lowest BCUT2D eigenvalue weighted by molar-refractivity contribution is -0.124. The standard InChI is InChI=1S/C84H116N2O2S4/c1-11-15-19-23-27-29-33-37-45-67(43-35-31-25-21-17-13-3)59-85-79(81-71(53-55-89-81)75-51-49-73(91-75)63(7)57-69-47-39-41-61(5)65(69)9)77-78(83(85)87)80(82-72(54-56-90-82)76-52-50-74(92-76)64(8)58-70-48-40-42-62(6)66(70)10)86(84(77)88)60-68(44-36-32-26-22-18-14-4)46-38-34-30-28-24-20-16-12-2/h39-42,47-58,67-68H,11-38,43-46,59-60H2,1-10H3. The summed E-state index contributed by atoms with van der Waals surface area (Å²) in [5.41, 5.74) is 15.5. The van der Waals surface area contributed by atoms with Crippen LogP contribution in [-0.2, 0) is 9.59 Å². The van der Waals surface area contributed by atoms with Gasteiger partial charge in [-0.05, 0) is 171 Å². The largest absolute Gasteiger partial charge is 0.306 e. The smallest absolute Gasteiger partial charge is 0.261 e. The molecular formula is C84H116N2O2S4. The zero-order valence-electron chi connectivity index (χ0n) is 58.8. The van der Waals surface area contributed by atoms with Crippen LogP contribution in [0.1, 0.15) is 300 Å². The van der Waals surface area contributed by atoms with Gasteiger partial charge in [-0.3, -0.25) is 9.59 Å². The van der Waals surface area contributed by atoms with Gasteiger partial charge >= 0.3 is 0 Å².